The first-order valence-corrected chi connectivity index (χ1v) is 12.1. The highest BCUT2D eigenvalue weighted by Crippen LogP contribution is 2.36. The van der Waals surface area contributed by atoms with Crippen molar-refractivity contribution in [3.05, 3.63) is 114 Å². The first kappa shape index (κ1) is 25.4. The van der Waals surface area contributed by atoms with E-state index in [1.54, 1.807) is 48.7 Å². The first-order valence-electron chi connectivity index (χ1n) is 12.1. The number of nitrogens with two attached hydrogens (primary N) is 1. The Morgan fingerprint density at radius 2 is 1.72 bits per heavy atom. The molecule has 0 aliphatic heterocycles. The average Bonchev–Trinajstić information content (AvgIpc) is 3.38. The lowest BCUT2D eigenvalue weighted by Crippen LogP contribution is -2.19. The Kier molecular flexibility index (Phi) is 7.18. The number of anilines is 1. The number of aromatic nitrogens is 1. The summed E-state index contributed by atoms with van der Waals surface area (Å²) in [5, 5.41) is 3.64. The minimum Gasteiger partial charge on any atom is -0.465 e. The Morgan fingerprint density at radius 3 is 2.41 bits per heavy atom. The van der Waals surface area contributed by atoms with Crippen molar-refractivity contribution in [3.63, 3.8) is 0 Å². The molecule has 0 radical (unpaired) electrons. The van der Waals surface area contributed by atoms with Crippen LogP contribution in [0.3, 0.4) is 0 Å². The second-order valence-corrected chi connectivity index (χ2v) is 8.80. The summed E-state index contributed by atoms with van der Waals surface area (Å²) in [5.74, 6) is -0.0801. The van der Waals surface area contributed by atoms with Crippen LogP contribution < -0.4 is 11.1 Å². The molecule has 1 amide bonds. The third kappa shape index (κ3) is 5.86. The van der Waals surface area contributed by atoms with Crippen LogP contribution in [0.25, 0.3) is 39.3 Å². The van der Waals surface area contributed by atoms with E-state index in [1.807, 2.05) is 30.3 Å². The maximum absolute atomic E-state index is 13.6. The Bertz CT molecular complexity index is 1670. The number of ether oxygens (including phenoxy) is 1. The van der Waals surface area contributed by atoms with Gasteiger partial charge in [0.15, 0.2) is 0 Å². The third-order valence-electron chi connectivity index (χ3n) is 6.14. The number of fused-ring (bicyclic) bond motifs is 1. The van der Waals surface area contributed by atoms with Gasteiger partial charge in [0.25, 0.3) is 0 Å². The Labute approximate surface area is 223 Å². The molecule has 0 fully saturated rings. The summed E-state index contributed by atoms with van der Waals surface area (Å²) in [7, 11) is 1.34. The molecule has 2 aromatic heterocycles. The van der Waals surface area contributed by atoms with Crippen molar-refractivity contribution in [2.45, 2.75) is 6.54 Å². The molecule has 8 heteroatoms. The van der Waals surface area contributed by atoms with Crippen LogP contribution in [-0.4, -0.2) is 24.0 Å². The van der Waals surface area contributed by atoms with Crippen molar-refractivity contribution in [3.8, 4) is 22.3 Å². The lowest BCUT2D eigenvalue weighted by Gasteiger charge is -2.09. The molecule has 194 valence electrons. The summed E-state index contributed by atoms with van der Waals surface area (Å²) in [4.78, 5) is 28.2. The monoisotopic (exact) mass is 521 g/mol. The number of methoxy groups -OCH3 is 1. The van der Waals surface area contributed by atoms with Gasteiger partial charge in [-0.2, -0.15) is 0 Å². The van der Waals surface area contributed by atoms with Gasteiger partial charge in [-0.15, -0.1) is 0 Å². The summed E-state index contributed by atoms with van der Waals surface area (Å²) in [5.41, 5.74) is 10.7. The number of nitrogens with zero attached hydrogens (tertiary/aromatic N) is 1. The zero-order valence-corrected chi connectivity index (χ0v) is 21.0. The topological polar surface area (TPSA) is 107 Å². The second kappa shape index (κ2) is 11.0. The summed E-state index contributed by atoms with van der Waals surface area (Å²) >= 11 is 0. The molecule has 5 rings (SSSR count). The van der Waals surface area contributed by atoms with Crippen LogP contribution in [0.2, 0.25) is 0 Å². The number of furan rings is 1. The average molecular weight is 522 g/mol. The Morgan fingerprint density at radius 1 is 0.974 bits per heavy atom. The summed E-state index contributed by atoms with van der Waals surface area (Å²) in [6, 6.07) is 22.5. The highest BCUT2D eigenvalue weighted by atomic mass is 19.1. The van der Waals surface area contributed by atoms with Crippen LogP contribution >= 0.6 is 0 Å². The van der Waals surface area contributed by atoms with Crippen molar-refractivity contribution >= 4 is 34.7 Å². The fourth-order valence-corrected chi connectivity index (χ4v) is 4.14. The van der Waals surface area contributed by atoms with Gasteiger partial charge in [0, 0.05) is 23.2 Å². The van der Waals surface area contributed by atoms with Crippen LogP contribution in [0.1, 0.15) is 21.7 Å². The van der Waals surface area contributed by atoms with E-state index in [-0.39, 0.29) is 18.3 Å². The van der Waals surface area contributed by atoms with E-state index in [1.165, 1.54) is 25.3 Å². The third-order valence-corrected chi connectivity index (χ3v) is 6.14. The van der Waals surface area contributed by atoms with E-state index in [9.17, 15) is 14.0 Å². The van der Waals surface area contributed by atoms with Crippen molar-refractivity contribution in [2.75, 3.05) is 12.8 Å². The van der Waals surface area contributed by atoms with E-state index in [0.29, 0.717) is 22.7 Å². The maximum atomic E-state index is 13.6. The van der Waals surface area contributed by atoms with Crippen molar-refractivity contribution in [1.82, 2.24) is 10.3 Å². The molecule has 0 atom stereocenters. The Hall–Kier alpha value is -5.24. The number of hydrogen-bond acceptors (Lipinski definition) is 6. The number of nitrogens with one attached hydrogen (secondary N) is 1. The number of pyridine rings is 1. The standard InChI is InChI=1S/C31H24FN3O4/c1-38-31(37)22-6-4-20(5-7-22)23-14-24-15-26(18-35-29(36)13-3-19-2-12-28(33)34-17-19)39-30(24)27(16-23)21-8-10-25(32)11-9-21/h2-17H,18H2,1H3,(H2,33,34)(H,35,36)/b13-3+. The predicted octanol–water partition coefficient (Wildman–Crippen LogP) is 6.00. The maximum Gasteiger partial charge on any atom is 0.337 e. The lowest BCUT2D eigenvalue weighted by atomic mass is 9.96. The van der Waals surface area contributed by atoms with Crippen LogP contribution in [0.15, 0.2) is 95.6 Å². The quantitative estimate of drug-likeness (QED) is 0.201. The zero-order chi connectivity index (χ0) is 27.4. The number of hydrogen-bond donors (Lipinski definition) is 2. The van der Waals surface area contributed by atoms with Crippen molar-refractivity contribution < 1.29 is 23.1 Å². The number of rotatable bonds is 7. The molecule has 2 heterocycles. The number of esters is 1. The van der Waals surface area contributed by atoms with E-state index in [2.05, 4.69) is 10.3 Å². The molecule has 3 N–H and O–H groups in total. The number of halogens is 1. The molecular formula is C31H24FN3O4. The molecule has 0 spiro atoms. The van der Waals surface area contributed by atoms with Gasteiger partial charge < -0.3 is 20.2 Å². The molecule has 7 nitrogen and oxygen atoms in total. The molecule has 39 heavy (non-hydrogen) atoms. The van der Waals surface area contributed by atoms with Gasteiger partial charge in [0.1, 0.15) is 23.0 Å². The predicted molar refractivity (Wildman–Crippen MR) is 148 cm³/mol. The highest BCUT2D eigenvalue weighted by molar-refractivity contribution is 5.97. The molecule has 0 aliphatic rings. The number of benzene rings is 3. The second-order valence-electron chi connectivity index (χ2n) is 8.80. The fraction of sp³-hybridized carbons (Fsp3) is 0.0645. The van der Waals surface area contributed by atoms with E-state index in [4.69, 9.17) is 14.9 Å². The molecule has 5 aromatic rings. The van der Waals surface area contributed by atoms with Gasteiger partial charge in [0.05, 0.1) is 19.2 Å². The van der Waals surface area contributed by atoms with Gasteiger partial charge >= 0.3 is 5.97 Å². The summed E-state index contributed by atoms with van der Waals surface area (Å²) in [6.45, 7) is 0.170. The van der Waals surface area contributed by atoms with Crippen LogP contribution in [0, 0.1) is 5.82 Å². The minimum atomic E-state index is -0.412. The van der Waals surface area contributed by atoms with Crippen LogP contribution in [-0.2, 0) is 16.1 Å². The molecule has 0 saturated heterocycles. The van der Waals surface area contributed by atoms with E-state index in [0.717, 1.165) is 33.2 Å². The normalized spacial score (nSPS) is 11.1. The van der Waals surface area contributed by atoms with E-state index >= 15 is 0 Å². The lowest BCUT2D eigenvalue weighted by molar-refractivity contribution is -0.116. The zero-order valence-electron chi connectivity index (χ0n) is 21.0. The first-order chi connectivity index (χ1) is 18.9. The largest absolute Gasteiger partial charge is 0.465 e. The summed E-state index contributed by atoms with van der Waals surface area (Å²) in [6.07, 6.45) is 4.64. The van der Waals surface area contributed by atoms with Crippen molar-refractivity contribution in [1.29, 1.82) is 0 Å². The number of carbonyl (C=O) groups excluding carboxylic acids is 2. The summed E-state index contributed by atoms with van der Waals surface area (Å²) < 4.78 is 24.6. The van der Waals surface area contributed by atoms with Gasteiger partial charge in [0.2, 0.25) is 5.91 Å². The molecular weight excluding hydrogens is 497 g/mol. The Balaban J connectivity index is 1.44. The molecule has 3 aromatic carbocycles. The number of nitrogen functional groups attached to an aromatic ring is 1. The highest BCUT2D eigenvalue weighted by Gasteiger charge is 2.15. The number of amides is 1. The number of carbonyl (C=O) groups is 2. The smallest absolute Gasteiger partial charge is 0.337 e. The van der Waals surface area contributed by atoms with Gasteiger partial charge in [-0.25, -0.2) is 14.2 Å². The van der Waals surface area contributed by atoms with Crippen LogP contribution in [0.5, 0.6) is 0 Å². The van der Waals surface area contributed by atoms with Gasteiger partial charge in [-0.05, 0) is 82.9 Å². The SMILES string of the molecule is COC(=O)c1ccc(-c2cc(-c3ccc(F)cc3)c3oc(CNC(=O)/C=C/c4ccc(N)nc4)cc3c2)cc1. The fourth-order valence-electron chi connectivity index (χ4n) is 4.14. The van der Waals surface area contributed by atoms with Gasteiger partial charge in [-0.1, -0.05) is 24.3 Å². The van der Waals surface area contributed by atoms with Crippen LogP contribution in [0.4, 0.5) is 10.2 Å². The molecule has 0 aliphatic carbocycles. The molecule has 0 unspecified atom stereocenters. The minimum absolute atomic E-state index is 0.170. The van der Waals surface area contributed by atoms with Crippen molar-refractivity contribution in [2.24, 2.45) is 0 Å². The molecule has 0 bridgehead atoms. The van der Waals surface area contributed by atoms with E-state index < -0.39 is 5.97 Å². The molecule has 0 saturated carbocycles. The van der Waals surface area contributed by atoms with Gasteiger partial charge in [-0.3, -0.25) is 4.79 Å².